The van der Waals surface area contributed by atoms with Gasteiger partial charge in [-0.2, -0.15) is 4.98 Å². The van der Waals surface area contributed by atoms with E-state index in [9.17, 15) is 0 Å². The Morgan fingerprint density at radius 3 is 2.50 bits per heavy atom. The highest BCUT2D eigenvalue weighted by atomic mass is 79.9. The summed E-state index contributed by atoms with van der Waals surface area (Å²) in [6.07, 6.45) is 6.36. The molecule has 0 aliphatic heterocycles. The molecular weight excluding hydrogens is 430 g/mol. The Bertz CT molecular complexity index is 932. The molecule has 3 aromatic rings. The summed E-state index contributed by atoms with van der Waals surface area (Å²) in [6, 6.07) is 8.99. The van der Waals surface area contributed by atoms with Crippen molar-refractivity contribution < 1.29 is 0 Å². The maximum atomic E-state index is 6.29. The van der Waals surface area contributed by atoms with Crippen LogP contribution in [0.4, 0.5) is 5.82 Å². The van der Waals surface area contributed by atoms with Gasteiger partial charge in [0.05, 0.1) is 5.39 Å². The Morgan fingerprint density at radius 2 is 1.81 bits per heavy atom. The standard InChI is InChI=1S/C20H21BrClN3S/c1-12-16(13-8-10-14(21)11-9-13)17-18(23-20(22)24-19(17)26-12)25(2)15-6-4-3-5-7-15/h8-11,15H,3-7H2,1-2H3. The number of hydrogen-bond donors (Lipinski definition) is 0. The fraction of sp³-hybridized carbons (Fsp3) is 0.400. The average molecular weight is 451 g/mol. The number of benzene rings is 1. The summed E-state index contributed by atoms with van der Waals surface area (Å²) in [5, 5.41) is 1.46. The molecule has 0 amide bonds. The molecule has 1 aromatic carbocycles. The molecule has 2 aromatic heterocycles. The van der Waals surface area contributed by atoms with E-state index in [2.05, 4.69) is 69.0 Å². The molecule has 0 saturated heterocycles. The number of nitrogens with zero attached hydrogens (tertiary/aromatic N) is 3. The van der Waals surface area contributed by atoms with Crippen LogP contribution in [0.3, 0.4) is 0 Å². The molecule has 26 heavy (non-hydrogen) atoms. The summed E-state index contributed by atoms with van der Waals surface area (Å²) >= 11 is 11.5. The number of aromatic nitrogens is 2. The van der Waals surface area contributed by atoms with Gasteiger partial charge in [0.1, 0.15) is 10.6 Å². The molecule has 6 heteroatoms. The summed E-state index contributed by atoms with van der Waals surface area (Å²) in [6.45, 7) is 2.15. The highest BCUT2D eigenvalue weighted by molar-refractivity contribution is 9.10. The van der Waals surface area contributed by atoms with Gasteiger partial charge in [0, 0.05) is 28.0 Å². The molecule has 136 valence electrons. The second-order valence-corrected chi connectivity index (χ2v) is 9.40. The van der Waals surface area contributed by atoms with Gasteiger partial charge in [0.15, 0.2) is 0 Å². The van der Waals surface area contributed by atoms with E-state index in [1.165, 1.54) is 48.1 Å². The predicted molar refractivity (Wildman–Crippen MR) is 116 cm³/mol. The van der Waals surface area contributed by atoms with Crippen LogP contribution < -0.4 is 4.90 Å². The molecular formula is C20H21BrClN3S. The van der Waals surface area contributed by atoms with Gasteiger partial charge in [0.2, 0.25) is 5.28 Å². The molecule has 0 unspecified atom stereocenters. The monoisotopic (exact) mass is 449 g/mol. The van der Waals surface area contributed by atoms with Crippen LogP contribution in [0.2, 0.25) is 5.28 Å². The Morgan fingerprint density at radius 1 is 1.12 bits per heavy atom. The molecule has 0 radical (unpaired) electrons. The number of hydrogen-bond acceptors (Lipinski definition) is 4. The van der Waals surface area contributed by atoms with Crippen molar-refractivity contribution in [1.29, 1.82) is 0 Å². The van der Waals surface area contributed by atoms with E-state index in [-0.39, 0.29) is 0 Å². The predicted octanol–water partition coefficient (Wildman–Crippen LogP) is 6.85. The molecule has 0 N–H and O–H groups in total. The number of aryl methyl sites for hydroxylation is 1. The summed E-state index contributed by atoms with van der Waals surface area (Å²) in [5.74, 6) is 0.967. The Balaban J connectivity index is 1.90. The quantitative estimate of drug-likeness (QED) is 0.408. The van der Waals surface area contributed by atoms with Crippen LogP contribution in [-0.4, -0.2) is 23.1 Å². The minimum atomic E-state index is 0.332. The van der Waals surface area contributed by atoms with Crippen molar-refractivity contribution in [3.63, 3.8) is 0 Å². The van der Waals surface area contributed by atoms with Crippen molar-refractivity contribution in [3.05, 3.63) is 38.9 Å². The molecule has 0 bridgehead atoms. The normalized spacial score (nSPS) is 15.5. The molecule has 3 nitrogen and oxygen atoms in total. The lowest BCUT2D eigenvalue weighted by molar-refractivity contribution is 0.426. The van der Waals surface area contributed by atoms with E-state index in [0.717, 1.165) is 20.5 Å². The van der Waals surface area contributed by atoms with Crippen molar-refractivity contribution in [2.75, 3.05) is 11.9 Å². The molecule has 0 spiro atoms. The van der Waals surface area contributed by atoms with Crippen LogP contribution in [0.5, 0.6) is 0 Å². The zero-order valence-electron chi connectivity index (χ0n) is 14.9. The molecule has 1 fully saturated rings. The minimum absolute atomic E-state index is 0.332. The topological polar surface area (TPSA) is 29.0 Å². The van der Waals surface area contributed by atoms with E-state index in [1.54, 1.807) is 11.3 Å². The van der Waals surface area contributed by atoms with Crippen LogP contribution in [0.25, 0.3) is 21.3 Å². The molecule has 0 atom stereocenters. The number of thiophene rings is 1. The zero-order valence-corrected chi connectivity index (χ0v) is 18.1. The van der Waals surface area contributed by atoms with Gasteiger partial charge in [-0.05, 0) is 49.1 Å². The molecule has 2 heterocycles. The fourth-order valence-electron chi connectivity index (χ4n) is 3.93. The molecule has 1 aliphatic rings. The lowest BCUT2D eigenvalue weighted by Crippen LogP contribution is -2.34. The number of fused-ring (bicyclic) bond motifs is 1. The van der Waals surface area contributed by atoms with Gasteiger partial charge < -0.3 is 4.90 Å². The van der Waals surface area contributed by atoms with Crippen molar-refractivity contribution in [3.8, 4) is 11.1 Å². The first kappa shape index (κ1) is 18.2. The van der Waals surface area contributed by atoms with Crippen molar-refractivity contribution in [1.82, 2.24) is 9.97 Å². The van der Waals surface area contributed by atoms with Crippen LogP contribution >= 0.6 is 38.9 Å². The molecule has 1 saturated carbocycles. The highest BCUT2D eigenvalue weighted by Gasteiger charge is 2.25. The largest absolute Gasteiger partial charge is 0.356 e. The third-order valence-electron chi connectivity index (χ3n) is 5.27. The fourth-order valence-corrected chi connectivity index (χ4v) is 5.45. The van der Waals surface area contributed by atoms with Gasteiger partial charge in [-0.3, -0.25) is 0 Å². The second-order valence-electron chi connectivity index (χ2n) is 6.94. The second kappa shape index (κ2) is 7.45. The van der Waals surface area contributed by atoms with E-state index in [0.29, 0.717) is 11.3 Å². The van der Waals surface area contributed by atoms with Crippen LogP contribution in [-0.2, 0) is 0 Å². The summed E-state index contributed by atoms with van der Waals surface area (Å²) in [5.41, 5.74) is 2.42. The third kappa shape index (κ3) is 3.37. The van der Waals surface area contributed by atoms with Crippen LogP contribution in [0.1, 0.15) is 37.0 Å². The maximum absolute atomic E-state index is 6.29. The SMILES string of the molecule is Cc1sc2nc(Cl)nc(N(C)C3CCCCC3)c2c1-c1ccc(Br)cc1. The number of rotatable bonds is 3. The first-order valence-electron chi connectivity index (χ1n) is 9.00. The van der Waals surface area contributed by atoms with Crippen LogP contribution in [0.15, 0.2) is 28.7 Å². The van der Waals surface area contributed by atoms with Crippen LogP contribution in [0, 0.1) is 6.92 Å². The summed E-state index contributed by atoms with van der Waals surface area (Å²) < 4.78 is 1.08. The lowest BCUT2D eigenvalue weighted by Gasteiger charge is -2.32. The van der Waals surface area contributed by atoms with E-state index >= 15 is 0 Å². The lowest BCUT2D eigenvalue weighted by atomic mass is 9.94. The summed E-state index contributed by atoms with van der Waals surface area (Å²) in [4.78, 5) is 13.8. The van der Waals surface area contributed by atoms with Gasteiger partial charge >= 0.3 is 0 Å². The van der Waals surface area contributed by atoms with E-state index < -0.39 is 0 Å². The number of anilines is 1. The smallest absolute Gasteiger partial charge is 0.225 e. The van der Waals surface area contributed by atoms with Gasteiger partial charge in [-0.1, -0.05) is 47.3 Å². The zero-order chi connectivity index (χ0) is 18.3. The average Bonchev–Trinajstić information content (AvgIpc) is 2.97. The molecule has 4 rings (SSSR count). The Hall–Kier alpha value is -1.17. The molecule has 1 aliphatic carbocycles. The van der Waals surface area contributed by atoms with E-state index in [4.69, 9.17) is 11.6 Å². The van der Waals surface area contributed by atoms with Gasteiger partial charge in [0.25, 0.3) is 0 Å². The maximum Gasteiger partial charge on any atom is 0.225 e. The minimum Gasteiger partial charge on any atom is -0.356 e. The third-order valence-corrected chi connectivity index (χ3v) is 6.97. The van der Waals surface area contributed by atoms with Crippen molar-refractivity contribution in [2.45, 2.75) is 45.1 Å². The Kier molecular flexibility index (Phi) is 5.22. The first-order chi connectivity index (χ1) is 12.5. The van der Waals surface area contributed by atoms with Crippen molar-refractivity contribution in [2.24, 2.45) is 0 Å². The van der Waals surface area contributed by atoms with Crippen molar-refractivity contribution >= 4 is 54.9 Å². The van der Waals surface area contributed by atoms with Gasteiger partial charge in [-0.15, -0.1) is 11.3 Å². The van der Waals surface area contributed by atoms with E-state index in [1.807, 2.05) is 0 Å². The first-order valence-corrected chi connectivity index (χ1v) is 11.0. The summed E-state index contributed by atoms with van der Waals surface area (Å²) in [7, 11) is 2.16. The number of halogens is 2. The van der Waals surface area contributed by atoms with Gasteiger partial charge in [-0.25, -0.2) is 4.98 Å². The Labute approximate surface area is 171 Å². The highest BCUT2D eigenvalue weighted by Crippen LogP contribution is 2.43.